The molecule has 1 heterocycles. The maximum absolute atomic E-state index is 10.8. The zero-order valence-electron chi connectivity index (χ0n) is 9.82. The summed E-state index contributed by atoms with van der Waals surface area (Å²) < 4.78 is 5.33. The first-order chi connectivity index (χ1) is 6.94. The Morgan fingerprint density at radius 1 is 1.60 bits per heavy atom. The Bertz CT molecular complexity index is 228. The largest absolute Gasteiger partial charge is 0.481 e. The summed E-state index contributed by atoms with van der Waals surface area (Å²) in [6.45, 7) is 6.62. The van der Waals surface area contributed by atoms with Crippen LogP contribution in [0.1, 0.15) is 26.7 Å². The molecule has 0 aromatic rings. The average molecular weight is 215 g/mol. The van der Waals surface area contributed by atoms with Crippen molar-refractivity contribution < 1.29 is 14.6 Å². The second kappa shape index (κ2) is 4.94. The lowest BCUT2D eigenvalue weighted by molar-refractivity contribution is -0.141. The van der Waals surface area contributed by atoms with E-state index < -0.39 is 5.97 Å². The smallest absolute Gasteiger partial charge is 0.307 e. The molecule has 1 fully saturated rings. The molecular formula is C11H21NO3. The first-order valence-electron chi connectivity index (χ1n) is 5.45. The highest BCUT2D eigenvalue weighted by Gasteiger charge is 2.28. The molecule has 1 rings (SSSR count). The first kappa shape index (κ1) is 12.5. The Morgan fingerprint density at radius 3 is 2.73 bits per heavy atom. The minimum atomic E-state index is -0.663. The summed E-state index contributed by atoms with van der Waals surface area (Å²) in [7, 11) is 1.71. The fourth-order valence-electron chi connectivity index (χ4n) is 1.77. The van der Waals surface area contributed by atoms with Gasteiger partial charge in [-0.3, -0.25) is 4.79 Å². The molecule has 0 aliphatic carbocycles. The molecule has 0 spiro atoms. The molecule has 4 heteroatoms. The molecule has 0 radical (unpaired) electrons. The Balaban J connectivity index is 2.28. The molecule has 0 aromatic heterocycles. The summed E-state index contributed by atoms with van der Waals surface area (Å²) >= 11 is 0. The number of hydrogen-bond donors (Lipinski definition) is 1. The van der Waals surface area contributed by atoms with E-state index in [-0.39, 0.29) is 11.5 Å². The van der Waals surface area contributed by atoms with Crippen LogP contribution in [0.4, 0.5) is 0 Å². The predicted octanol–water partition coefficient (Wildman–Crippen LogP) is 1.21. The van der Waals surface area contributed by atoms with E-state index in [1.165, 1.54) is 0 Å². The Kier molecular flexibility index (Phi) is 4.11. The van der Waals surface area contributed by atoms with Gasteiger partial charge in [0.15, 0.2) is 0 Å². The van der Waals surface area contributed by atoms with Gasteiger partial charge in [-0.25, -0.2) is 0 Å². The molecule has 1 unspecified atom stereocenters. The number of methoxy groups -OCH3 is 1. The van der Waals surface area contributed by atoms with Crippen molar-refractivity contribution in [2.24, 2.45) is 5.92 Å². The molecule has 1 aliphatic rings. The van der Waals surface area contributed by atoms with Crippen LogP contribution in [0, 0.1) is 5.92 Å². The van der Waals surface area contributed by atoms with Gasteiger partial charge in [0.1, 0.15) is 0 Å². The number of carboxylic acid groups (broad SMARTS) is 1. The molecule has 15 heavy (non-hydrogen) atoms. The number of aliphatic carboxylic acids is 1. The highest BCUT2D eigenvalue weighted by Crippen LogP contribution is 2.19. The van der Waals surface area contributed by atoms with E-state index in [4.69, 9.17) is 9.84 Å². The van der Waals surface area contributed by atoms with E-state index in [1.54, 1.807) is 7.11 Å². The molecule has 1 saturated heterocycles. The van der Waals surface area contributed by atoms with Crippen LogP contribution in [0.15, 0.2) is 0 Å². The minimum Gasteiger partial charge on any atom is -0.481 e. The van der Waals surface area contributed by atoms with Crippen molar-refractivity contribution in [2.45, 2.75) is 32.3 Å². The predicted molar refractivity (Wildman–Crippen MR) is 57.9 cm³/mol. The van der Waals surface area contributed by atoms with Gasteiger partial charge >= 0.3 is 5.97 Å². The Labute approximate surface area is 91.2 Å². The van der Waals surface area contributed by atoms with Gasteiger partial charge in [-0.15, -0.1) is 0 Å². The van der Waals surface area contributed by atoms with E-state index >= 15 is 0 Å². The molecule has 0 bridgehead atoms. The van der Waals surface area contributed by atoms with Crippen LogP contribution in [0.25, 0.3) is 0 Å². The molecule has 4 nitrogen and oxygen atoms in total. The number of ether oxygens (including phenoxy) is 1. The molecule has 88 valence electrons. The van der Waals surface area contributed by atoms with Crippen LogP contribution < -0.4 is 0 Å². The second-order valence-electron chi connectivity index (χ2n) is 4.84. The second-order valence-corrected chi connectivity index (χ2v) is 4.84. The maximum atomic E-state index is 10.8. The maximum Gasteiger partial charge on any atom is 0.307 e. The third-order valence-corrected chi connectivity index (χ3v) is 3.20. The molecule has 1 aliphatic heterocycles. The summed E-state index contributed by atoms with van der Waals surface area (Å²) in [5.74, 6) is -0.834. The lowest BCUT2D eigenvalue weighted by Crippen LogP contribution is -2.31. The van der Waals surface area contributed by atoms with Crippen LogP contribution in [0.5, 0.6) is 0 Å². The van der Waals surface area contributed by atoms with Crippen LogP contribution in [-0.4, -0.2) is 48.3 Å². The summed E-state index contributed by atoms with van der Waals surface area (Å²) in [6.07, 6.45) is 1.72. The van der Waals surface area contributed by atoms with E-state index in [0.717, 1.165) is 25.9 Å². The molecular weight excluding hydrogens is 194 g/mol. The van der Waals surface area contributed by atoms with Crippen molar-refractivity contribution in [2.75, 3.05) is 26.7 Å². The van der Waals surface area contributed by atoms with Crippen molar-refractivity contribution in [3.8, 4) is 0 Å². The normalized spacial score (nSPS) is 23.3. The fourth-order valence-corrected chi connectivity index (χ4v) is 1.77. The number of likely N-dealkylation sites (tertiary alicyclic amines) is 1. The van der Waals surface area contributed by atoms with Crippen LogP contribution >= 0.6 is 0 Å². The summed E-state index contributed by atoms with van der Waals surface area (Å²) in [4.78, 5) is 13.0. The van der Waals surface area contributed by atoms with Crippen molar-refractivity contribution in [3.05, 3.63) is 0 Å². The summed E-state index contributed by atoms with van der Waals surface area (Å²) in [5, 5.41) is 8.85. The van der Waals surface area contributed by atoms with Crippen molar-refractivity contribution in [3.63, 3.8) is 0 Å². The summed E-state index contributed by atoms with van der Waals surface area (Å²) in [5.41, 5.74) is -0.110. The summed E-state index contributed by atoms with van der Waals surface area (Å²) in [6, 6.07) is 0. The van der Waals surface area contributed by atoms with Gasteiger partial charge in [0.25, 0.3) is 0 Å². The van der Waals surface area contributed by atoms with Gasteiger partial charge in [-0.1, -0.05) is 0 Å². The highest BCUT2D eigenvalue weighted by molar-refractivity contribution is 5.70. The van der Waals surface area contributed by atoms with Crippen LogP contribution in [0.3, 0.4) is 0 Å². The SMILES string of the molecule is COC(C)(C)CCN1CCC(C(=O)O)C1. The third-order valence-electron chi connectivity index (χ3n) is 3.20. The minimum absolute atomic E-state index is 0.110. The lowest BCUT2D eigenvalue weighted by atomic mass is 10.1. The molecule has 0 amide bonds. The fraction of sp³-hybridized carbons (Fsp3) is 0.909. The van der Waals surface area contributed by atoms with Crippen LogP contribution in [0.2, 0.25) is 0 Å². The number of hydrogen-bond acceptors (Lipinski definition) is 3. The monoisotopic (exact) mass is 215 g/mol. The molecule has 1 atom stereocenters. The first-order valence-corrected chi connectivity index (χ1v) is 5.45. The van der Waals surface area contributed by atoms with Gasteiger partial charge in [0, 0.05) is 20.2 Å². The van der Waals surface area contributed by atoms with Gasteiger partial charge in [-0.2, -0.15) is 0 Å². The van der Waals surface area contributed by atoms with Gasteiger partial charge in [-0.05, 0) is 33.2 Å². The zero-order chi connectivity index (χ0) is 11.5. The number of nitrogens with zero attached hydrogens (tertiary/aromatic N) is 1. The third kappa shape index (κ3) is 3.80. The van der Waals surface area contributed by atoms with Gasteiger partial charge in [0.05, 0.1) is 11.5 Å². The van der Waals surface area contributed by atoms with Crippen molar-refractivity contribution in [1.29, 1.82) is 0 Å². The quantitative estimate of drug-likeness (QED) is 0.749. The number of carbonyl (C=O) groups is 1. The molecule has 1 N–H and O–H groups in total. The molecule has 0 aromatic carbocycles. The van der Waals surface area contributed by atoms with Crippen LogP contribution in [-0.2, 0) is 9.53 Å². The Morgan fingerprint density at radius 2 is 2.27 bits per heavy atom. The topological polar surface area (TPSA) is 49.8 Å². The van der Waals surface area contributed by atoms with E-state index in [2.05, 4.69) is 18.7 Å². The van der Waals surface area contributed by atoms with Gasteiger partial charge in [0.2, 0.25) is 0 Å². The van der Waals surface area contributed by atoms with Gasteiger partial charge < -0.3 is 14.7 Å². The molecule has 0 saturated carbocycles. The standard InChI is InChI=1S/C11H21NO3/c1-11(2,15-3)5-7-12-6-4-9(8-12)10(13)14/h9H,4-8H2,1-3H3,(H,13,14). The van der Waals surface area contributed by atoms with Crippen molar-refractivity contribution in [1.82, 2.24) is 4.90 Å². The number of carboxylic acids is 1. The Hall–Kier alpha value is -0.610. The van der Waals surface area contributed by atoms with E-state index in [1.807, 2.05) is 0 Å². The average Bonchev–Trinajstić information content (AvgIpc) is 2.63. The van der Waals surface area contributed by atoms with E-state index in [9.17, 15) is 4.79 Å². The number of rotatable bonds is 5. The van der Waals surface area contributed by atoms with Crippen molar-refractivity contribution >= 4 is 5.97 Å². The highest BCUT2D eigenvalue weighted by atomic mass is 16.5. The lowest BCUT2D eigenvalue weighted by Gasteiger charge is -2.25. The zero-order valence-corrected chi connectivity index (χ0v) is 9.82. The van der Waals surface area contributed by atoms with E-state index in [0.29, 0.717) is 6.54 Å².